The molecular formula is C20H35IN4OS. The highest BCUT2D eigenvalue weighted by Gasteiger charge is 2.16. The van der Waals surface area contributed by atoms with E-state index in [2.05, 4.69) is 48.0 Å². The van der Waals surface area contributed by atoms with Gasteiger partial charge >= 0.3 is 0 Å². The number of thioether (sulfide) groups is 1. The summed E-state index contributed by atoms with van der Waals surface area (Å²) in [4.78, 5) is 16.6. The topological polar surface area (TPSA) is 65.5 Å². The molecule has 0 spiro atoms. The van der Waals surface area contributed by atoms with Gasteiger partial charge in [0.05, 0.1) is 6.54 Å². The van der Waals surface area contributed by atoms with Crippen LogP contribution in [0.2, 0.25) is 0 Å². The van der Waals surface area contributed by atoms with Crippen LogP contribution in [0.4, 0.5) is 5.69 Å². The first kappa shape index (κ1) is 26.0. The zero-order valence-corrected chi connectivity index (χ0v) is 20.5. The fraction of sp³-hybridized carbons (Fsp3) is 0.600. The van der Waals surface area contributed by atoms with E-state index in [1.165, 1.54) is 0 Å². The maximum atomic E-state index is 11.9. The molecule has 0 unspecified atom stereocenters. The zero-order valence-electron chi connectivity index (χ0n) is 17.4. The van der Waals surface area contributed by atoms with Crippen LogP contribution in [0.3, 0.4) is 0 Å². The molecule has 0 aliphatic rings. The number of hydrogen-bond acceptors (Lipinski definition) is 3. The molecule has 0 aliphatic carbocycles. The van der Waals surface area contributed by atoms with Crippen LogP contribution in [0, 0.1) is 5.92 Å². The molecule has 0 radical (unpaired) electrons. The molecule has 0 saturated heterocycles. The average Bonchev–Trinajstić information content (AvgIpc) is 2.57. The number of rotatable bonds is 9. The Morgan fingerprint density at radius 1 is 1.26 bits per heavy atom. The minimum absolute atomic E-state index is 0. The Morgan fingerprint density at radius 2 is 1.96 bits per heavy atom. The van der Waals surface area contributed by atoms with Gasteiger partial charge in [-0.25, -0.2) is 4.99 Å². The monoisotopic (exact) mass is 506 g/mol. The molecule has 7 heteroatoms. The number of carbonyl (C=O) groups is 1. The van der Waals surface area contributed by atoms with Crippen LogP contribution in [0.5, 0.6) is 0 Å². The lowest BCUT2D eigenvalue weighted by molar-refractivity contribution is -0.116. The van der Waals surface area contributed by atoms with E-state index in [1.54, 1.807) is 0 Å². The highest BCUT2D eigenvalue weighted by Crippen LogP contribution is 2.19. The van der Waals surface area contributed by atoms with Crippen molar-refractivity contribution in [2.45, 2.75) is 52.3 Å². The van der Waals surface area contributed by atoms with E-state index < -0.39 is 0 Å². The first-order valence-electron chi connectivity index (χ1n) is 9.22. The standard InChI is InChI=1S/C20H34N4OS.HI/c1-7-21-19(23-14-20(4,5)26-6)22-13-16-9-8-10-17(12-16)24-18(25)11-15(2)3;/h8-10,12,15H,7,11,13-14H2,1-6H3,(H,24,25)(H2,21,22,23);1H. The first-order valence-corrected chi connectivity index (χ1v) is 10.4. The van der Waals surface area contributed by atoms with Gasteiger partial charge in [0.25, 0.3) is 0 Å². The smallest absolute Gasteiger partial charge is 0.224 e. The van der Waals surface area contributed by atoms with Gasteiger partial charge in [0.1, 0.15) is 0 Å². The fourth-order valence-electron chi connectivity index (χ4n) is 2.21. The van der Waals surface area contributed by atoms with Gasteiger partial charge in [0, 0.05) is 29.9 Å². The maximum Gasteiger partial charge on any atom is 0.224 e. The highest BCUT2D eigenvalue weighted by atomic mass is 127. The second-order valence-corrected chi connectivity index (χ2v) is 8.87. The highest BCUT2D eigenvalue weighted by molar-refractivity contribution is 14.0. The molecule has 3 N–H and O–H groups in total. The number of guanidine groups is 1. The van der Waals surface area contributed by atoms with Gasteiger partial charge in [-0.05, 0) is 50.6 Å². The summed E-state index contributed by atoms with van der Waals surface area (Å²) in [5.41, 5.74) is 1.89. The predicted octanol–water partition coefficient (Wildman–Crippen LogP) is 4.49. The van der Waals surface area contributed by atoms with E-state index >= 15 is 0 Å². The Labute approximate surface area is 186 Å². The van der Waals surface area contributed by atoms with Crippen LogP contribution in [0.25, 0.3) is 0 Å². The van der Waals surface area contributed by atoms with Crippen molar-refractivity contribution in [2.24, 2.45) is 10.9 Å². The second-order valence-electron chi connectivity index (χ2n) is 7.36. The van der Waals surface area contributed by atoms with E-state index in [0.717, 1.165) is 30.3 Å². The van der Waals surface area contributed by atoms with Crippen LogP contribution in [0.15, 0.2) is 29.3 Å². The number of carbonyl (C=O) groups excluding carboxylic acids is 1. The van der Waals surface area contributed by atoms with E-state index in [-0.39, 0.29) is 34.6 Å². The van der Waals surface area contributed by atoms with Crippen molar-refractivity contribution in [1.29, 1.82) is 0 Å². The molecule has 1 aromatic carbocycles. The lowest BCUT2D eigenvalue weighted by Crippen LogP contribution is -2.43. The summed E-state index contributed by atoms with van der Waals surface area (Å²) < 4.78 is 0.150. The van der Waals surface area contributed by atoms with Gasteiger partial charge in [-0.2, -0.15) is 11.8 Å². The van der Waals surface area contributed by atoms with Crippen molar-refractivity contribution in [3.8, 4) is 0 Å². The maximum absolute atomic E-state index is 11.9. The van der Waals surface area contributed by atoms with Crippen LogP contribution >= 0.6 is 35.7 Å². The average molecular weight is 506 g/mol. The van der Waals surface area contributed by atoms with Crippen molar-refractivity contribution >= 4 is 53.3 Å². The molecule has 0 saturated carbocycles. The fourth-order valence-corrected chi connectivity index (χ4v) is 2.43. The molecule has 1 amide bonds. The molecule has 1 aromatic rings. The summed E-state index contributed by atoms with van der Waals surface area (Å²) in [6, 6.07) is 7.87. The second kappa shape index (κ2) is 13.3. The molecule has 1 rings (SSSR count). The summed E-state index contributed by atoms with van der Waals surface area (Å²) in [6.07, 6.45) is 2.65. The SMILES string of the molecule is CCNC(=NCc1cccc(NC(=O)CC(C)C)c1)NCC(C)(C)SC.I. The van der Waals surface area contributed by atoms with Crippen molar-refractivity contribution in [3.63, 3.8) is 0 Å². The number of halogens is 1. The van der Waals surface area contributed by atoms with Gasteiger partial charge in [0.2, 0.25) is 5.91 Å². The number of hydrogen-bond donors (Lipinski definition) is 3. The number of nitrogens with one attached hydrogen (secondary N) is 3. The Morgan fingerprint density at radius 3 is 2.56 bits per heavy atom. The summed E-state index contributed by atoms with van der Waals surface area (Å²) in [5, 5.41) is 9.63. The molecule has 0 aliphatic heterocycles. The minimum atomic E-state index is 0. The third-order valence-electron chi connectivity index (χ3n) is 3.80. The quantitative estimate of drug-likeness (QED) is 0.263. The molecule has 0 atom stereocenters. The van der Waals surface area contributed by atoms with Crippen LogP contribution < -0.4 is 16.0 Å². The van der Waals surface area contributed by atoms with Crippen LogP contribution in [-0.2, 0) is 11.3 Å². The Bertz CT molecular complexity index is 605. The van der Waals surface area contributed by atoms with Crippen LogP contribution in [0.1, 0.15) is 46.6 Å². The van der Waals surface area contributed by atoms with Crippen molar-refractivity contribution in [1.82, 2.24) is 10.6 Å². The van der Waals surface area contributed by atoms with E-state index in [1.807, 2.05) is 49.9 Å². The Balaban J connectivity index is 0.00000676. The van der Waals surface area contributed by atoms with Gasteiger partial charge in [-0.3, -0.25) is 4.79 Å². The summed E-state index contributed by atoms with van der Waals surface area (Å²) in [5.74, 6) is 1.21. The van der Waals surface area contributed by atoms with Gasteiger partial charge < -0.3 is 16.0 Å². The largest absolute Gasteiger partial charge is 0.357 e. The van der Waals surface area contributed by atoms with Crippen LogP contribution in [-0.4, -0.2) is 36.0 Å². The summed E-state index contributed by atoms with van der Waals surface area (Å²) >= 11 is 1.83. The molecule has 154 valence electrons. The number of aliphatic imine (C=N–C) groups is 1. The number of anilines is 1. The Hall–Kier alpha value is -0.960. The molecule has 0 bridgehead atoms. The summed E-state index contributed by atoms with van der Waals surface area (Å²) in [6.45, 7) is 12.8. The van der Waals surface area contributed by atoms with Crippen molar-refractivity contribution in [3.05, 3.63) is 29.8 Å². The predicted molar refractivity (Wildman–Crippen MR) is 130 cm³/mol. The first-order chi connectivity index (χ1) is 12.3. The molecule has 0 heterocycles. The molecule has 27 heavy (non-hydrogen) atoms. The minimum Gasteiger partial charge on any atom is -0.357 e. The number of amides is 1. The lowest BCUT2D eigenvalue weighted by atomic mass is 10.1. The van der Waals surface area contributed by atoms with Gasteiger partial charge in [0.15, 0.2) is 5.96 Å². The molecule has 0 aromatic heterocycles. The third-order valence-corrected chi connectivity index (χ3v) is 5.05. The van der Waals surface area contributed by atoms with Gasteiger partial charge in [-0.1, -0.05) is 26.0 Å². The number of nitrogens with zero attached hydrogens (tertiary/aromatic N) is 1. The van der Waals surface area contributed by atoms with E-state index in [9.17, 15) is 4.79 Å². The van der Waals surface area contributed by atoms with Gasteiger partial charge in [-0.15, -0.1) is 24.0 Å². The normalized spacial score (nSPS) is 11.7. The van der Waals surface area contributed by atoms with E-state index in [4.69, 9.17) is 0 Å². The molecular weight excluding hydrogens is 471 g/mol. The lowest BCUT2D eigenvalue weighted by Gasteiger charge is -2.23. The zero-order chi connectivity index (χ0) is 19.6. The van der Waals surface area contributed by atoms with E-state index in [0.29, 0.717) is 18.9 Å². The third kappa shape index (κ3) is 11.5. The van der Waals surface area contributed by atoms with Crippen molar-refractivity contribution in [2.75, 3.05) is 24.7 Å². The van der Waals surface area contributed by atoms with Crippen molar-refractivity contribution < 1.29 is 4.79 Å². The number of benzene rings is 1. The summed E-state index contributed by atoms with van der Waals surface area (Å²) in [7, 11) is 0. The molecule has 0 fully saturated rings. The Kier molecular flexibility index (Phi) is 12.8. The molecule has 5 nitrogen and oxygen atoms in total.